The van der Waals surface area contributed by atoms with Crippen LogP contribution < -0.4 is 11.1 Å². The molecule has 1 aromatic rings. The molecule has 104 valence electrons. The van der Waals surface area contributed by atoms with Crippen LogP contribution in [0.4, 0.5) is 5.69 Å². The first-order valence-electron chi connectivity index (χ1n) is 6.21. The lowest BCUT2D eigenvalue weighted by Gasteiger charge is -2.11. The number of nitrogens with one attached hydrogen (secondary N) is 1. The Morgan fingerprint density at radius 1 is 1.58 bits per heavy atom. The summed E-state index contributed by atoms with van der Waals surface area (Å²) in [5.41, 5.74) is 6.33. The predicted molar refractivity (Wildman–Crippen MR) is 78.6 cm³/mol. The lowest BCUT2D eigenvalue weighted by molar-refractivity contribution is -0.119. The van der Waals surface area contributed by atoms with Crippen LogP contribution in [0.3, 0.4) is 0 Å². The van der Waals surface area contributed by atoms with Crippen molar-refractivity contribution in [2.24, 2.45) is 0 Å². The van der Waals surface area contributed by atoms with Gasteiger partial charge in [-0.3, -0.25) is 4.79 Å². The molecular weight excluding hydrogens is 284 g/mol. The van der Waals surface area contributed by atoms with Crippen LogP contribution >= 0.6 is 23.4 Å². The maximum Gasteiger partial charge on any atom is 0.230 e. The zero-order chi connectivity index (χ0) is 13.7. The average molecular weight is 301 g/mol. The molecule has 1 amide bonds. The van der Waals surface area contributed by atoms with Crippen LogP contribution in [0.15, 0.2) is 23.1 Å². The summed E-state index contributed by atoms with van der Waals surface area (Å²) in [5.74, 6) is 0.314. The van der Waals surface area contributed by atoms with Gasteiger partial charge in [0.1, 0.15) is 0 Å². The van der Waals surface area contributed by atoms with Gasteiger partial charge in [0, 0.05) is 23.7 Å². The van der Waals surface area contributed by atoms with E-state index < -0.39 is 0 Å². The van der Waals surface area contributed by atoms with Gasteiger partial charge in [0.15, 0.2) is 0 Å². The minimum atomic E-state index is -0.0148. The number of nitrogen functional groups attached to an aromatic ring is 1. The first-order chi connectivity index (χ1) is 9.15. The van der Waals surface area contributed by atoms with E-state index in [0.29, 0.717) is 23.0 Å². The van der Waals surface area contributed by atoms with Crippen molar-refractivity contribution in [3.63, 3.8) is 0 Å². The Hall–Kier alpha value is -0.910. The molecule has 19 heavy (non-hydrogen) atoms. The van der Waals surface area contributed by atoms with E-state index in [-0.39, 0.29) is 12.0 Å². The summed E-state index contributed by atoms with van der Waals surface area (Å²) in [7, 11) is 0. The SMILES string of the molecule is Nc1ccc(Cl)c(SCC(=O)NCC2CCCO2)c1. The Kier molecular flexibility index (Phi) is 5.36. The molecule has 0 saturated carbocycles. The minimum absolute atomic E-state index is 0.0148. The molecule has 3 N–H and O–H groups in total. The van der Waals surface area contributed by atoms with Crippen LogP contribution in [-0.4, -0.2) is 30.9 Å². The largest absolute Gasteiger partial charge is 0.399 e. The van der Waals surface area contributed by atoms with Crippen molar-refractivity contribution in [2.75, 3.05) is 24.6 Å². The van der Waals surface area contributed by atoms with Crippen LogP contribution in [0, 0.1) is 0 Å². The fraction of sp³-hybridized carbons (Fsp3) is 0.462. The van der Waals surface area contributed by atoms with E-state index >= 15 is 0 Å². The third-order valence-corrected chi connectivity index (χ3v) is 4.36. The second-order valence-corrected chi connectivity index (χ2v) is 5.84. The summed E-state index contributed by atoms with van der Waals surface area (Å²) >= 11 is 7.42. The number of thioether (sulfide) groups is 1. The Labute approximate surface area is 122 Å². The average Bonchev–Trinajstić information content (AvgIpc) is 2.90. The fourth-order valence-electron chi connectivity index (χ4n) is 1.86. The molecular formula is C13H17ClN2O2S. The van der Waals surface area contributed by atoms with Gasteiger partial charge < -0.3 is 15.8 Å². The number of nitrogens with two attached hydrogens (primary N) is 1. The number of benzene rings is 1. The smallest absolute Gasteiger partial charge is 0.230 e. The van der Waals surface area contributed by atoms with Crippen molar-refractivity contribution in [1.29, 1.82) is 0 Å². The quantitative estimate of drug-likeness (QED) is 0.647. The van der Waals surface area contributed by atoms with Gasteiger partial charge in [-0.05, 0) is 31.0 Å². The summed E-state index contributed by atoms with van der Waals surface area (Å²) in [6, 6.07) is 5.26. The molecule has 1 fully saturated rings. The molecule has 0 aliphatic carbocycles. The Balaban J connectivity index is 1.74. The van der Waals surface area contributed by atoms with Crippen LogP contribution in [0.5, 0.6) is 0 Å². The molecule has 6 heteroatoms. The summed E-state index contributed by atoms with van der Waals surface area (Å²) in [5, 5.41) is 3.49. The zero-order valence-electron chi connectivity index (χ0n) is 10.5. The highest BCUT2D eigenvalue weighted by Gasteiger charge is 2.16. The number of rotatable bonds is 5. The van der Waals surface area contributed by atoms with Crippen molar-refractivity contribution in [1.82, 2.24) is 5.32 Å². The van der Waals surface area contributed by atoms with E-state index in [1.54, 1.807) is 18.2 Å². The number of halogens is 1. The van der Waals surface area contributed by atoms with Crippen LogP contribution in [0.2, 0.25) is 5.02 Å². The van der Waals surface area contributed by atoms with E-state index in [0.717, 1.165) is 24.3 Å². The van der Waals surface area contributed by atoms with Gasteiger partial charge in [0.2, 0.25) is 5.91 Å². The van der Waals surface area contributed by atoms with Crippen molar-refractivity contribution >= 4 is 35.0 Å². The second-order valence-electron chi connectivity index (χ2n) is 4.42. The number of carbonyl (C=O) groups is 1. The van der Waals surface area contributed by atoms with E-state index in [1.807, 2.05) is 0 Å². The van der Waals surface area contributed by atoms with E-state index in [9.17, 15) is 4.79 Å². The molecule has 4 nitrogen and oxygen atoms in total. The number of ether oxygens (including phenoxy) is 1. The maximum atomic E-state index is 11.7. The van der Waals surface area contributed by atoms with Gasteiger partial charge in [-0.15, -0.1) is 11.8 Å². The van der Waals surface area contributed by atoms with Gasteiger partial charge in [0.05, 0.1) is 16.9 Å². The van der Waals surface area contributed by atoms with Gasteiger partial charge in [0.25, 0.3) is 0 Å². The van der Waals surface area contributed by atoms with Crippen LogP contribution in [-0.2, 0) is 9.53 Å². The van der Waals surface area contributed by atoms with E-state index in [2.05, 4.69) is 5.32 Å². The Bertz CT molecular complexity index is 450. The third kappa shape index (κ3) is 4.60. The normalized spacial score (nSPS) is 18.5. The van der Waals surface area contributed by atoms with Gasteiger partial charge in [-0.25, -0.2) is 0 Å². The monoisotopic (exact) mass is 300 g/mol. The molecule has 1 aromatic carbocycles. The molecule has 0 bridgehead atoms. The number of anilines is 1. The molecule has 1 aliphatic rings. The summed E-state index contributed by atoms with van der Waals surface area (Å²) in [6.07, 6.45) is 2.27. The zero-order valence-corrected chi connectivity index (χ0v) is 12.1. The molecule has 1 heterocycles. The number of amides is 1. The fourth-order valence-corrected chi connectivity index (χ4v) is 2.95. The highest BCUT2D eigenvalue weighted by atomic mass is 35.5. The minimum Gasteiger partial charge on any atom is -0.399 e. The Morgan fingerprint density at radius 3 is 3.16 bits per heavy atom. The summed E-state index contributed by atoms with van der Waals surface area (Å²) < 4.78 is 5.44. The molecule has 1 atom stereocenters. The highest BCUT2D eigenvalue weighted by molar-refractivity contribution is 8.00. The molecule has 1 saturated heterocycles. The molecule has 0 spiro atoms. The standard InChI is InChI=1S/C13H17ClN2O2S/c14-11-4-3-9(15)6-12(11)19-8-13(17)16-7-10-2-1-5-18-10/h3-4,6,10H,1-2,5,7-8,15H2,(H,16,17). The predicted octanol–water partition coefficient (Wildman–Crippen LogP) is 2.31. The highest BCUT2D eigenvalue weighted by Crippen LogP contribution is 2.28. The first-order valence-corrected chi connectivity index (χ1v) is 7.57. The second kappa shape index (κ2) is 7.03. The molecule has 1 aliphatic heterocycles. The van der Waals surface area contributed by atoms with Crippen molar-refractivity contribution in [2.45, 2.75) is 23.8 Å². The van der Waals surface area contributed by atoms with Gasteiger partial charge >= 0.3 is 0 Å². The number of carbonyl (C=O) groups excluding carboxylic acids is 1. The molecule has 2 rings (SSSR count). The van der Waals surface area contributed by atoms with Gasteiger partial charge in [-0.2, -0.15) is 0 Å². The van der Waals surface area contributed by atoms with Crippen molar-refractivity contribution in [3.05, 3.63) is 23.2 Å². The summed E-state index contributed by atoms with van der Waals surface area (Å²) in [4.78, 5) is 12.5. The van der Waals surface area contributed by atoms with Crippen LogP contribution in [0.1, 0.15) is 12.8 Å². The lowest BCUT2D eigenvalue weighted by atomic mass is 10.2. The number of hydrogen-bond acceptors (Lipinski definition) is 4. The molecule has 0 aromatic heterocycles. The van der Waals surface area contributed by atoms with Crippen LogP contribution in [0.25, 0.3) is 0 Å². The first kappa shape index (κ1) is 14.5. The lowest BCUT2D eigenvalue weighted by Crippen LogP contribution is -2.32. The van der Waals surface area contributed by atoms with E-state index in [4.69, 9.17) is 22.1 Å². The molecule has 1 unspecified atom stereocenters. The molecule has 0 radical (unpaired) electrons. The number of hydrogen-bond donors (Lipinski definition) is 2. The topological polar surface area (TPSA) is 64.4 Å². The van der Waals surface area contributed by atoms with E-state index in [1.165, 1.54) is 11.8 Å². The summed E-state index contributed by atoms with van der Waals surface area (Å²) in [6.45, 7) is 1.39. The van der Waals surface area contributed by atoms with Crippen molar-refractivity contribution in [3.8, 4) is 0 Å². The van der Waals surface area contributed by atoms with Crippen molar-refractivity contribution < 1.29 is 9.53 Å². The van der Waals surface area contributed by atoms with Gasteiger partial charge in [-0.1, -0.05) is 11.6 Å². The third-order valence-electron chi connectivity index (χ3n) is 2.86. The Morgan fingerprint density at radius 2 is 2.42 bits per heavy atom. The maximum absolute atomic E-state index is 11.7.